The minimum Gasteiger partial charge on any atom is -0.366 e. The van der Waals surface area contributed by atoms with Gasteiger partial charge in [-0.1, -0.05) is 20.8 Å². The zero-order valence-electron chi connectivity index (χ0n) is 14.9. The van der Waals surface area contributed by atoms with Gasteiger partial charge in [-0.3, -0.25) is 14.5 Å². The normalized spacial score (nSPS) is 17.5. The van der Waals surface area contributed by atoms with Gasteiger partial charge in [-0.2, -0.15) is 0 Å². The predicted molar refractivity (Wildman–Crippen MR) is 86.3 cm³/mol. The summed E-state index contributed by atoms with van der Waals surface area (Å²) in [5.41, 5.74) is -0.670. The first-order valence-electron chi connectivity index (χ1n) is 7.91. The molecule has 128 valence electrons. The first-order valence-corrected chi connectivity index (χ1v) is 7.91. The molecule has 1 rings (SSSR count). The number of carbonyl (C=O) groups is 2. The third-order valence-electron chi connectivity index (χ3n) is 3.50. The number of amides is 2. The average Bonchev–Trinajstić information content (AvgIpc) is 2.40. The van der Waals surface area contributed by atoms with Crippen molar-refractivity contribution in [2.45, 2.75) is 47.1 Å². The van der Waals surface area contributed by atoms with Crippen molar-refractivity contribution >= 4 is 11.8 Å². The fourth-order valence-corrected chi connectivity index (χ4v) is 1.97. The van der Waals surface area contributed by atoms with Crippen molar-refractivity contribution in [2.24, 2.45) is 5.41 Å². The van der Waals surface area contributed by atoms with E-state index >= 15 is 0 Å². The number of hydrogen-bond donors (Lipinski definition) is 1. The van der Waals surface area contributed by atoms with Gasteiger partial charge >= 0.3 is 0 Å². The van der Waals surface area contributed by atoms with Crippen molar-refractivity contribution in [3.05, 3.63) is 0 Å². The van der Waals surface area contributed by atoms with Crippen molar-refractivity contribution in [3.8, 4) is 0 Å². The summed E-state index contributed by atoms with van der Waals surface area (Å²) >= 11 is 0. The van der Waals surface area contributed by atoms with E-state index in [1.165, 1.54) is 0 Å². The van der Waals surface area contributed by atoms with E-state index in [1.807, 2.05) is 46.4 Å². The Balaban J connectivity index is 2.29. The fraction of sp³-hybridized carbons (Fsp3) is 0.875. The van der Waals surface area contributed by atoms with Crippen LogP contribution in [0.15, 0.2) is 0 Å². The van der Waals surface area contributed by atoms with E-state index in [9.17, 15) is 9.59 Å². The van der Waals surface area contributed by atoms with Crippen LogP contribution in [0.4, 0.5) is 0 Å². The predicted octanol–water partition coefficient (Wildman–Crippen LogP) is 1.07. The summed E-state index contributed by atoms with van der Waals surface area (Å²) in [5.74, 6) is 0.0814. The van der Waals surface area contributed by atoms with Gasteiger partial charge in [0, 0.05) is 31.6 Å². The zero-order valence-corrected chi connectivity index (χ0v) is 14.9. The molecule has 0 atom stereocenters. The second-order valence-corrected chi connectivity index (χ2v) is 7.81. The molecule has 22 heavy (non-hydrogen) atoms. The molecule has 1 aliphatic heterocycles. The molecule has 6 nitrogen and oxygen atoms in total. The molecule has 1 heterocycles. The van der Waals surface area contributed by atoms with Crippen LogP contribution in [-0.4, -0.2) is 66.7 Å². The molecule has 1 N–H and O–H groups in total. The molecule has 2 amide bonds. The topological polar surface area (TPSA) is 61.9 Å². The minimum atomic E-state index is -0.373. The molecule has 1 saturated heterocycles. The van der Waals surface area contributed by atoms with Crippen molar-refractivity contribution < 1.29 is 14.3 Å². The lowest BCUT2D eigenvalue weighted by molar-refractivity contribution is -0.143. The molecule has 0 saturated carbocycles. The Morgan fingerprint density at radius 2 is 1.55 bits per heavy atom. The third-order valence-corrected chi connectivity index (χ3v) is 3.50. The molecule has 6 heteroatoms. The second kappa shape index (κ2) is 7.42. The van der Waals surface area contributed by atoms with Crippen LogP contribution in [0, 0.1) is 5.41 Å². The number of carbonyl (C=O) groups excluding carboxylic acids is 2. The molecular weight excluding hydrogens is 282 g/mol. The summed E-state index contributed by atoms with van der Waals surface area (Å²) in [6.45, 7) is 15.1. The van der Waals surface area contributed by atoms with Gasteiger partial charge in [0.2, 0.25) is 11.8 Å². The van der Waals surface area contributed by atoms with Crippen molar-refractivity contribution in [1.82, 2.24) is 15.1 Å². The SMILES string of the molecule is CC(C)(C)OCC(=O)N1CCN(CNC(=O)C(C)(C)C)CC1. The largest absolute Gasteiger partial charge is 0.366 e. The van der Waals surface area contributed by atoms with Gasteiger partial charge in [-0.15, -0.1) is 0 Å². The Labute approximate surface area is 134 Å². The molecule has 1 fully saturated rings. The van der Waals surface area contributed by atoms with Crippen LogP contribution in [0.25, 0.3) is 0 Å². The first-order chi connectivity index (χ1) is 9.99. The van der Waals surface area contributed by atoms with Crippen molar-refractivity contribution in [2.75, 3.05) is 39.5 Å². The highest BCUT2D eigenvalue weighted by molar-refractivity contribution is 5.81. The summed E-state index contributed by atoms with van der Waals surface area (Å²) in [6.07, 6.45) is 0. The van der Waals surface area contributed by atoms with Crippen LogP contribution < -0.4 is 5.32 Å². The van der Waals surface area contributed by atoms with Crippen molar-refractivity contribution in [1.29, 1.82) is 0 Å². The molecule has 0 aromatic carbocycles. The van der Waals surface area contributed by atoms with Gasteiger partial charge in [0.25, 0.3) is 0 Å². The second-order valence-electron chi connectivity index (χ2n) is 7.81. The van der Waals surface area contributed by atoms with E-state index in [0.29, 0.717) is 19.8 Å². The highest BCUT2D eigenvalue weighted by atomic mass is 16.5. The molecular formula is C16H31N3O3. The number of ether oxygens (including phenoxy) is 1. The summed E-state index contributed by atoms with van der Waals surface area (Å²) < 4.78 is 5.53. The van der Waals surface area contributed by atoms with Crippen LogP contribution in [0.5, 0.6) is 0 Å². The van der Waals surface area contributed by atoms with Gasteiger partial charge in [0.15, 0.2) is 0 Å². The van der Waals surface area contributed by atoms with Gasteiger partial charge in [-0.05, 0) is 20.8 Å². The minimum absolute atomic E-state index is 0.0355. The number of rotatable bonds is 4. The Hall–Kier alpha value is -1.14. The first kappa shape index (κ1) is 18.9. The van der Waals surface area contributed by atoms with E-state index in [0.717, 1.165) is 13.1 Å². The highest BCUT2D eigenvalue weighted by Crippen LogP contribution is 2.12. The van der Waals surface area contributed by atoms with Crippen LogP contribution >= 0.6 is 0 Å². The van der Waals surface area contributed by atoms with Crippen LogP contribution in [-0.2, 0) is 14.3 Å². The standard InChI is InChI=1S/C16H31N3O3/c1-15(2,3)14(21)17-12-18-7-9-19(10-8-18)13(20)11-22-16(4,5)6/h7-12H2,1-6H3,(H,17,21). The van der Waals surface area contributed by atoms with Crippen molar-refractivity contribution in [3.63, 3.8) is 0 Å². The van der Waals surface area contributed by atoms with E-state index in [2.05, 4.69) is 10.2 Å². The summed E-state index contributed by atoms with van der Waals surface area (Å²) in [6, 6.07) is 0. The van der Waals surface area contributed by atoms with Crippen LogP contribution in [0.3, 0.4) is 0 Å². The molecule has 0 unspecified atom stereocenters. The molecule has 0 spiro atoms. The average molecular weight is 313 g/mol. The Kier molecular flexibility index (Phi) is 6.38. The molecule has 0 aromatic heterocycles. The van der Waals surface area contributed by atoms with Crippen LogP contribution in [0.1, 0.15) is 41.5 Å². The van der Waals surface area contributed by atoms with Crippen LogP contribution in [0.2, 0.25) is 0 Å². The van der Waals surface area contributed by atoms with E-state index < -0.39 is 0 Å². The highest BCUT2D eigenvalue weighted by Gasteiger charge is 2.25. The van der Waals surface area contributed by atoms with E-state index in [1.54, 1.807) is 0 Å². The summed E-state index contributed by atoms with van der Waals surface area (Å²) in [4.78, 5) is 27.9. The van der Waals surface area contributed by atoms with E-state index in [4.69, 9.17) is 4.74 Å². The smallest absolute Gasteiger partial charge is 0.248 e. The maximum absolute atomic E-state index is 12.1. The van der Waals surface area contributed by atoms with Gasteiger partial charge in [0.05, 0.1) is 12.3 Å². The lowest BCUT2D eigenvalue weighted by Gasteiger charge is -2.35. The van der Waals surface area contributed by atoms with Gasteiger partial charge in [0.1, 0.15) is 6.61 Å². The molecule has 0 radical (unpaired) electrons. The number of nitrogens with one attached hydrogen (secondary N) is 1. The molecule has 0 aliphatic carbocycles. The Morgan fingerprint density at radius 1 is 1.00 bits per heavy atom. The Morgan fingerprint density at radius 3 is 2.00 bits per heavy atom. The monoisotopic (exact) mass is 313 g/mol. The number of nitrogens with zero attached hydrogens (tertiary/aromatic N) is 2. The zero-order chi connectivity index (χ0) is 17.0. The summed E-state index contributed by atoms with van der Waals surface area (Å²) in [7, 11) is 0. The quantitative estimate of drug-likeness (QED) is 0.843. The summed E-state index contributed by atoms with van der Waals surface area (Å²) in [5, 5.41) is 2.94. The molecule has 0 aromatic rings. The third kappa shape index (κ3) is 6.75. The Bertz CT molecular complexity index is 388. The van der Waals surface area contributed by atoms with Gasteiger partial charge in [-0.25, -0.2) is 0 Å². The van der Waals surface area contributed by atoms with E-state index in [-0.39, 0.29) is 29.4 Å². The maximum atomic E-state index is 12.1. The molecule has 1 aliphatic rings. The number of piperazine rings is 1. The lowest BCUT2D eigenvalue weighted by atomic mass is 9.96. The van der Waals surface area contributed by atoms with Gasteiger partial charge < -0.3 is 15.0 Å². The lowest BCUT2D eigenvalue weighted by Crippen LogP contribution is -2.53. The maximum Gasteiger partial charge on any atom is 0.248 e. The fourth-order valence-electron chi connectivity index (χ4n) is 1.97. The molecule has 0 bridgehead atoms. The number of hydrogen-bond acceptors (Lipinski definition) is 4.